The molecule has 4 aromatic rings. The largest absolute Gasteiger partial charge is 0.491 e. The molecule has 1 N–H and O–H groups in total. The van der Waals surface area contributed by atoms with Gasteiger partial charge in [-0.1, -0.05) is 83.1 Å². The minimum atomic E-state index is -0.667. The van der Waals surface area contributed by atoms with E-state index in [0.717, 1.165) is 36.0 Å². The second kappa shape index (κ2) is 14.7. The van der Waals surface area contributed by atoms with Crippen LogP contribution in [-0.2, 0) is 20.3 Å². The highest BCUT2D eigenvalue weighted by molar-refractivity contribution is 5.43. The Labute approximate surface area is 297 Å². The van der Waals surface area contributed by atoms with E-state index in [1.807, 2.05) is 43.3 Å². The number of hydrogen-bond acceptors (Lipinski definition) is 7. The zero-order chi connectivity index (χ0) is 35.5. The summed E-state index contributed by atoms with van der Waals surface area (Å²) in [4.78, 5) is 0. The molecule has 0 spiro atoms. The van der Waals surface area contributed by atoms with E-state index in [4.69, 9.17) is 28.4 Å². The highest BCUT2D eigenvalue weighted by Crippen LogP contribution is 2.37. The summed E-state index contributed by atoms with van der Waals surface area (Å²) >= 11 is 0. The fourth-order valence-corrected chi connectivity index (χ4v) is 6.36. The van der Waals surface area contributed by atoms with Crippen molar-refractivity contribution in [3.8, 4) is 23.0 Å². The van der Waals surface area contributed by atoms with Crippen LogP contribution in [0.5, 0.6) is 23.0 Å². The number of aliphatic hydroxyl groups excluding tert-OH is 1. The van der Waals surface area contributed by atoms with Crippen molar-refractivity contribution in [3.63, 3.8) is 0 Å². The van der Waals surface area contributed by atoms with Crippen molar-refractivity contribution in [1.29, 1.82) is 0 Å². The van der Waals surface area contributed by atoms with E-state index in [1.165, 1.54) is 22.3 Å². The Hall–Kier alpha value is -4.04. The van der Waals surface area contributed by atoms with E-state index in [-0.39, 0.29) is 41.5 Å². The Morgan fingerprint density at radius 3 is 1.54 bits per heavy atom. The summed E-state index contributed by atoms with van der Waals surface area (Å²) in [5.41, 5.74) is 4.05. The monoisotopic (exact) mass is 680 g/mol. The first-order valence-corrected chi connectivity index (χ1v) is 17.8. The number of aliphatic hydroxyl groups is 1. The van der Waals surface area contributed by atoms with Gasteiger partial charge in [0.25, 0.3) is 0 Å². The smallest absolute Gasteiger partial charge is 0.223 e. The maximum Gasteiger partial charge on any atom is 0.223 e. The van der Waals surface area contributed by atoms with Gasteiger partial charge in [-0.2, -0.15) is 0 Å². The summed E-state index contributed by atoms with van der Waals surface area (Å²) in [7, 11) is 0. The molecule has 50 heavy (non-hydrogen) atoms. The molecule has 0 saturated carbocycles. The Bertz CT molecular complexity index is 1670. The average molecular weight is 681 g/mol. The van der Waals surface area contributed by atoms with Crippen molar-refractivity contribution in [2.75, 3.05) is 19.8 Å². The number of benzene rings is 4. The zero-order valence-electron chi connectivity index (χ0n) is 30.5. The maximum atomic E-state index is 10.7. The second-order valence-electron chi connectivity index (χ2n) is 14.9. The van der Waals surface area contributed by atoms with Gasteiger partial charge in [-0.25, -0.2) is 0 Å². The summed E-state index contributed by atoms with van der Waals surface area (Å²) in [6, 6.07) is 32.9. The molecule has 2 saturated heterocycles. The Morgan fingerprint density at radius 2 is 1.10 bits per heavy atom. The summed E-state index contributed by atoms with van der Waals surface area (Å²) in [5.74, 6) is 3.17. The van der Waals surface area contributed by atoms with Gasteiger partial charge in [0.1, 0.15) is 47.9 Å². The van der Waals surface area contributed by atoms with Gasteiger partial charge >= 0.3 is 0 Å². The highest BCUT2D eigenvalue weighted by Gasteiger charge is 2.44. The Balaban J connectivity index is 0.960. The predicted molar refractivity (Wildman–Crippen MR) is 196 cm³/mol. The molecule has 0 bridgehead atoms. The summed E-state index contributed by atoms with van der Waals surface area (Å²) in [5, 5.41) is 10.7. The molecule has 0 amide bonds. The number of rotatable bonds is 17. The molecule has 4 aromatic carbocycles. The van der Waals surface area contributed by atoms with Gasteiger partial charge < -0.3 is 33.5 Å². The van der Waals surface area contributed by atoms with E-state index < -0.39 is 6.10 Å². The van der Waals surface area contributed by atoms with Gasteiger partial charge in [0.05, 0.1) is 18.8 Å². The van der Waals surface area contributed by atoms with Crippen LogP contribution in [0.15, 0.2) is 97.1 Å². The molecule has 0 aliphatic carbocycles. The summed E-state index contributed by atoms with van der Waals surface area (Å²) < 4.78 is 34.8. The van der Waals surface area contributed by atoms with Crippen LogP contribution in [0.1, 0.15) is 83.6 Å². The first-order chi connectivity index (χ1) is 23.9. The Kier molecular flexibility index (Phi) is 10.5. The van der Waals surface area contributed by atoms with Crippen LogP contribution in [0.3, 0.4) is 0 Å². The van der Waals surface area contributed by atoms with E-state index in [1.54, 1.807) is 0 Å². The first-order valence-electron chi connectivity index (χ1n) is 17.8. The topological polar surface area (TPSA) is 82.2 Å². The van der Waals surface area contributed by atoms with Crippen LogP contribution in [-0.4, -0.2) is 55.1 Å². The minimum Gasteiger partial charge on any atom is -0.491 e. The third-order valence-electron chi connectivity index (χ3n) is 10.3. The van der Waals surface area contributed by atoms with Crippen molar-refractivity contribution in [3.05, 3.63) is 119 Å². The fourth-order valence-electron chi connectivity index (χ4n) is 6.36. The maximum absolute atomic E-state index is 10.7. The van der Waals surface area contributed by atoms with Gasteiger partial charge in [-0.15, -0.1) is 0 Å². The molecule has 0 radical (unpaired) electrons. The lowest BCUT2D eigenvalue weighted by Gasteiger charge is -2.29. The molecule has 4 unspecified atom stereocenters. The molecular weight excluding hydrogens is 628 g/mol. The lowest BCUT2D eigenvalue weighted by molar-refractivity contribution is 0.0520. The van der Waals surface area contributed by atoms with Crippen LogP contribution in [0.25, 0.3) is 0 Å². The molecule has 0 aromatic heterocycles. The molecule has 7 heteroatoms. The molecule has 6 rings (SSSR count). The summed E-state index contributed by atoms with van der Waals surface area (Å²) in [6.45, 7) is 16.7. The van der Waals surface area contributed by atoms with E-state index in [0.29, 0.717) is 13.0 Å². The quantitative estimate of drug-likeness (QED) is 0.112. The molecule has 5 atom stereocenters. The average Bonchev–Trinajstić information content (AvgIpc) is 4.04. The summed E-state index contributed by atoms with van der Waals surface area (Å²) in [6.07, 6.45) is 0.554. The predicted octanol–water partition coefficient (Wildman–Crippen LogP) is 8.62. The number of hydrogen-bond donors (Lipinski definition) is 1. The fraction of sp³-hybridized carbons (Fsp3) is 0.442. The van der Waals surface area contributed by atoms with Crippen molar-refractivity contribution in [1.82, 2.24) is 0 Å². The third kappa shape index (κ3) is 8.63. The Morgan fingerprint density at radius 1 is 0.660 bits per heavy atom. The SMILES string of the molecule is CC[C@@](C)(Oc1ccc(C(C)(C)c2ccc(OCC(O)CC(C)Oc3ccc(C(C)(C)c4ccc(OC5CO5)cc4)cc3)cc2)cc1)C1CO1. The van der Waals surface area contributed by atoms with Crippen LogP contribution >= 0.6 is 0 Å². The first kappa shape index (κ1) is 35.8. The van der Waals surface area contributed by atoms with Crippen molar-refractivity contribution in [2.24, 2.45) is 0 Å². The molecule has 2 fully saturated rings. The van der Waals surface area contributed by atoms with Crippen molar-refractivity contribution >= 4 is 0 Å². The van der Waals surface area contributed by atoms with Gasteiger partial charge in [0.2, 0.25) is 6.29 Å². The molecule has 2 aliphatic heterocycles. The molecule has 2 aliphatic rings. The normalized spacial score (nSPS) is 19.5. The van der Waals surface area contributed by atoms with Gasteiger partial charge in [-0.3, -0.25) is 0 Å². The van der Waals surface area contributed by atoms with Crippen molar-refractivity contribution < 1.29 is 33.5 Å². The molecule has 266 valence electrons. The minimum absolute atomic E-state index is 0.101. The van der Waals surface area contributed by atoms with E-state index in [9.17, 15) is 5.11 Å². The standard InChI is InChI=1S/C43H52O7/c1-8-43(7,39-27-46-39)50-38-23-15-33(16-24-38)41(3,4)30-9-17-35(18-10-30)45-26-34(44)25-29(2)48-36-19-11-31(12-20-36)42(5,6)32-13-21-37(22-14-32)49-40-28-47-40/h9-24,29,34,39-40,44H,8,25-28H2,1-7H3/t29?,34?,39?,40?,43-/m1/s1. The number of ether oxygens (including phenoxy) is 6. The van der Waals surface area contributed by atoms with Crippen LogP contribution in [0, 0.1) is 0 Å². The lowest BCUT2D eigenvalue weighted by atomic mass is 9.78. The van der Waals surface area contributed by atoms with Gasteiger partial charge in [-0.05, 0) is 91.1 Å². The van der Waals surface area contributed by atoms with Crippen LogP contribution < -0.4 is 18.9 Å². The van der Waals surface area contributed by atoms with E-state index >= 15 is 0 Å². The number of epoxide rings is 2. The van der Waals surface area contributed by atoms with Crippen molar-refractivity contribution in [2.45, 2.75) is 102 Å². The molecular formula is C43H52O7. The molecule has 2 heterocycles. The van der Waals surface area contributed by atoms with Gasteiger partial charge in [0.15, 0.2) is 0 Å². The van der Waals surface area contributed by atoms with Crippen LogP contribution in [0.2, 0.25) is 0 Å². The van der Waals surface area contributed by atoms with E-state index in [2.05, 4.69) is 102 Å². The third-order valence-corrected chi connectivity index (χ3v) is 10.3. The zero-order valence-corrected chi connectivity index (χ0v) is 30.5. The molecule has 7 nitrogen and oxygen atoms in total. The second-order valence-corrected chi connectivity index (χ2v) is 14.9. The van der Waals surface area contributed by atoms with Gasteiger partial charge in [0, 0.05) is 17.3 Å². The van der Waals surface area contributed by atoms with Crippen LogP contribution in [0.4, 0.5) is 0 Å². The highest BCUT2D eigenvalue weighted by atomic mass is 16.8. The lowest BCUT2D eigenvalue weighted by Crippen LogP contribution is -2.37.